The summed E-state index contributed by atoms with van der Waals surface area (Å²) in [5.74, 6) is 0.262. The number of hydrazine groups is 1. The van der Waals surface area contributed by atoms with Crippen LogP contribution in [0.1, 0.15) is 16.8 Å². The Bertz CT molecular complexity index is 1560. The van der Waals surface area contributed by atoms with Crippen LogP contribution in [0, 0.1) is 0 Å². The highest BCUT2D eigenvalue weighted by atomic mass is 32.1. The first-order chi connectivity index (χ1) is 19.9. The maximum absolute atomic E-state index is 13.5. The minimum Gasteiger partial charge on any atom is -0.495 e. The summed E-state index contributed by atoms with van der Waals surface area (Å²) in [4.78, 5) is 41.3. The summed E-state index contributed by atoms with van der Waals surface area (Å²) < 4.78 is 11.2. The van der Waals surface area contributed by atoms with Gasteiger partial charge < -0.3 is 14.8 Å². The molecule has 4 aromatic carbocycles. The third-order valence-corrected chi connectivity index (χ3v) is 6.69. The maximum Gasteiger partial charge on any atom is 0.269 e. The molecule has 41 heavy (non-hydrogen) atoms. The molecule has 1 heterocycles. The van der Waals surface area contributed by atoms with E-state index in [4.69, 9.17) is 21.7 Å². The molecule has 1 atom stereocenters. The van der Waals surface area contributed by atoms with Crippen molar-refractivity contribution in [1.82, 2.24) is 10.4 Å². The van der Waals surface area contributed by atoms with Gasteiger partial charge in [-0.05, 0) is 72.9 Å². The number of benzene rings is 4. The predicted octanol–water partition coefficient (Wildman–Crippen LogP) is 5.16. The number of methoxy groups -OCH3 is 1. The molecular weight excluding hydrogens is 540 g/mol. The van der Waals surface area contributed by atoms with Crippen molar-refractivity contribution in [3.8, 4) is 17.2 Å². The van der Waals surface area contributed by atoms with Crippen LogP contribution in [-0.2, 0) is 9.59 Å². The number of carbonyl (C=O) groups is 3. The van der Waals surface area contributed by atoms with Crippen molar-refractivity contribution < 1.29 is 23.9 Å². The Kier molecular flexibility index (Phi) is 8.21. The highest BCUT2D eigenvalue weighted by Crippen LogP contribution is 2.32. The van der Waals surface area contributed by atoms with E-state index in [1.165, 1.54) is 17.0 Å². The van der Waals surface area contributed by atoms with Gasteiger partial charge in [-0.1, -0.05) is 48.5 Å². The van der Waals surface area contributed by atoms with Gasteiger partial charge in [0.25, 0.3) is 5.91 Å². The van der Waals surface area contributed by atoms with Crippen molar-refractivity contribution in [1.29, 1.82) is 0 Å². The minimum atomic E-state index is -1.12. The molecule has 10 heteroatoms. The molecule has 0 aliphatic carbocycles. The largest absolute Gasteiger partial charge is 0.495 e. The zero-order chi connectivity index (χ0) is 28.8. The second kappa shape index (κ2) is 12.3. The molecule has 5 rings (SSSR count). The normalized spacial score (nSPS) is 14.8. The molecule has 3 amide bonds. The summed E-state index contributed by atoms with van der Waals surface area (Å²) in [7, 11) is 1.48. The van der Waals surface area contributed by atoms with Crippen LogP contribution in [0.25, 0.3) is 0 Å². The van der Waals surface area contributed by atoms with Crippen LogP contribution in [-0.4, -0.2) is 41.0 Å². The van der Waals surface area contributed by atoms with Crippen LogP contribution in [0.5, 0.6) is 17.2 Å². The Balaban J connectivity index is 1.39. The molecular formula is C31H26N4O5S. The lowest BCUT2D eigenvalue weighted by Gasteiger charge is -2.41. The van der Waals surface area contributed by atoms with E-state index in [1.54, 1.807) is 78.9 Å². The number of amides is 3. The minimum absolute atomic E-state index is 0.0678. The molecule has 0 bridgehead atoms. The summed E-state index contributed by atoms with van der Waals surface area (Å²) in [6.07, 6.45) is -0.256. The third-order valence-electron chi connectivity index (χ3n) is 6.31. The number of para-hydroxylation sites is 3. The monoisotopic (exact) mass is 566 g/mol. The second-order valence-corrected chi connectivity index (χ2v) is 9.37. The molecule has 9 nitrogen and oxygen atoms in total. The van der Waals surface area contributed by atoms with Gasteiger partial charge in [-0.15, -0.1) is 0 Å². The molecule has 2 N–H and O–H groups in total. The third kappa shape index (κ3) is 6.18. The molecule has 4 aromatic rings. The van der Waals surface area contributed by atoms with Gasteiger partial charge >= 0.3 is 0 Å². The molecule has 206 valence electrons. The average molecular weight is 567 g/mol. The highest BCUT2D eigenvalue weighted by molar-refractivity contribution is 7.80. The van der Waals surface area contributed by atoms with Crippen molar-refractivity contribution in [2.24, 2.45) is 0 Å². The van der Waals surface area contributed by atoms with Gasteiger partial charge in [0.15, 0.2) is 0 Å². The fraction of sp³-hybridized carbons (Fsp3) is 0.0968. The zero-order valence-electron chi connectivity index (χ0n) is 22.0. The fourth-order valence-corrected chi connectivity index (χ4v) is 4.68. The Labute approximate surface area is 242 Å². The second-order valence-electron chi connectivity index (χ2n) is 9.01. The SMILES string of the molecule is COc1ccccc1N1C(=O)C[C@@H](C(=O)Nc2ccc(Oc3ccccc3)cc2)N(NC(=O)c2ccccc2)C1=S. The number of hydrogen-bond donors (Lipinski definition) is 2. The first-order valence-electron chi connectivity index (χ1n) is 12.7. The molecule has 1 saturated heterocycles. The van der Waals surface area contributed by atoms with E-state index in [0.29, 0.717) is 34.2 Å². The lowest BCUT2D eigenvalue weighted by Crippen LogP contribution is -2.65. The first kappa shape index (κ1) is 27.4. The van der Waals surface area contributed by atoms with Gasteiger partial charge in [-0.25, -0.2) is 5.01 Å². The fourth-order valence-electron chi connectivity index (χ4n) is 4.30. The Morgan fingerprint density at radius 3 is 2.12 bits per heavy atom. The zero-order valence-corrected chi connectivity index (χ0v) is 22.8. The summed E-state index contributed by atoms with van der Waals surface area (Å²) >= 11 is 5.69. The summed E-state index contributed by atoms with van der Waals surface area (Å²) in [6.45, 7) is 0. The van der Waals surface area contributed by atoms with E-state index >= 15 is 0 Å². The van der Waals surface area contributed by atoms with Gasteiger partial charge in [-0.2, -0.15) is 0 Å². The summed E-state index contributed by atoms with van der Waals surface area (Å²) in [6, 6.07) is 30.4. The molecule has 0 radical (unpaired) electrons. The smallest absolute Gasteiger partial charge is 0.269 e. The number of ether oxygens (including phenoxy) is 2. The first-order valence-corrected chi connectivity index (χ1v) is 13.1. The number of nitrogens with zero attached hydrogens (tertiary/aromatic N) is 2. The molecule has 0 aromatic heterocycles. The van der Waals surface area contributed by atoms with Gasteiger partial charge in [0, 0.05) is 11.3 Å². The Morgan fingerprint density at radius 2 is 1.44 bits per heavy atom. The van der Waals surface area contributed by atoms with Crippen LogP contribution in [0.4, 0.5) is 11.4 Å². The van der Waals surface area contributed by atoms with Gasteiger partial charge in [-0.3, -0.25) is 24.7 Å². The molecule has 1 fully saturated rings. The van der Waals surface area contributed by atoms with Crippen molar-refractivity contribution in [2.45, 2.75) is 12.5 Å². The molecule has 0 saturated carbocycles. The quantitative estimate of drug-likeness (QED) is 0.284. The maximum atomic E-state index is 13.5. The number of hydrogen-bond acceptors (Lipinski definition) is 6. The van der Waals surface area contributed by atoms with Crippen LogP contribution >= 0.6 is 12.2 Å². The van der Waals surface area contributed by atoms with Gasteiger partial charge in [0.2, 0.25) is 16.9 Å². The van der Waals surface area contributed by atoms with E-state index in [9.17, 15) is 14.4 Å². The number of thiocarbonyl (C=S) groups is 1. The van der Waals surface area contributed by atoms with Crippen molar-refractivity contribution in [2.75, 3.05) is 17.3 Å². The van der Waals surface area contributed by atoms with Crippen LogP contribution in [0.15, 0.2) is 109 Å². The Hall–Kier alpha value is -5.22. The van der Waals surface area contributed by atoms with E-state index in [1.807, 2.05) is 30.3 Å². The summed E-state index contributed by atoms with van der Waals surface area (Å²) in [5, 5.41) is 4.00. The van der Waals surface area contributed by atoms with E-state index < -0.39 is 23.8 Å². The van der Waals surface area contributed by atoms with E-state index in [0.717, 1.165) is 0 Å². The molecule has 0 spiro atoms. The van der Waals surface area contributed by atoms with Gasteiger partial charge in [0.1, 0.15) is 23.3 Å². The van der Waals surface area contributed by atoms with E-state index in [2.05, 4.69) is 10.7 Å². The van der Waals surface area contributed by atoms with Crippen LogP contribution < -0.4 is 25.1 Å². The molecule has 1 aliphatic heterocycles. The molecule has 1 aliphatic rings. The number of rotatable bonds is 8. The topological polar surface area (TPSA) is 100 Å². The van der Waals surface area contributed by atoms with Gasteiger partial charge in [0.05, 0.1) is 19.2 Å². The molecule has 0 unspecified atom stereocenters. The van der Waals surface area contributed by atoms with E-state index in [-0.39, 0.29) is 11.5 Å². The number of carbonyl (C=O) groups excluding carboxylic acids is 3. The standard InChI is InChI=1S/C31H26N4O5S/c1-39-27-15-9-8-14-25(27)34-28(36)20-26(35(31(34)41)33-29(37)21-10-4-2-5-11-21)30(38)32-22-16-18-24(19-17-22)40-23-12-6-3-7-13-23/h2-19,26H,20H2,1H3,(H,32,38)(H,33,37)/t26-/m0/s1. The number of nitrogens with one attached hydrogen (secondary N) is 2. The predicted molar refractivity (Wildman–Crippen MR) is 159 cm³/mol. The van der Waals surface area contributed by atoms with Crippen LogP contribution in [0.3, 0.4) is 0 Å². The lowest BCUT2D eigenvalue weighted by atomic mass is 10.1. The highest BCUT2D eigenvalue weighted by Gasteiger charge is 2.42. The van der Waals surface area contributed by atoms with Crippen LogP contribution in [0.2, 0.25) is 0 Å². The lowest BCUT2D eigenvalue weighted by molar-refractivity contribution is -0.127. The van der Waals surface area contributed by atoms with Crippen molar-refractivity contribution >= 4 is 46.4 Å². The number of anilines is 2. The average Bonchev–Trinajstić information content (AvgIpc) is 3.00. The Morgan fingerprint density at radius 1 is 0.829 bits per heavy atom. The van der Waals surface area contributed by atoms with Crippen molar-refractivity contribution in [3.63, 3.8) is 0 Å². The van der Waals surface area contributed by atoms with Crippen molar-refractivity contribution in [3.05, 3.63) is 115 Å². The summed E-state index contributed by atoms with van der Waals surface area (Å²) in [5.41, 5.74) is 3.98.